The average molecular weight is 235 g/mol. The van der Waals surface area contributed by atoms with Crippen molar-refractivity contribution in [2.24, 2.45) is 0 Å². The quantitative estimate of drug-likeness (QED) is 0.765. The van der Waals surface area contributed by atoms with Crippen molar-refractivity contribution in [3.05, 3.63) is 29.2 Å². The average Bonchev–Trinajstić information content (AvgIpc) is 2.77. The van der Waals surface area contributed by atoms with Crippen LogP contribution in [0.25, 0.3) is 0 Å². The van der Waals surface area contributed by atoms with Gasteiger partial charge in [0.05, 0.1) is 5.69 Å². The Hall–Kier alpha value is -1.62. The summed E-state index contributed by atoms with van der Waals surface area (Å²) < 4.78 is 4.88. The van der Waals surface area contributed by atoms with Crippen molar-refractivity contribution >= 4 is 5.91 Å². The van der Waals surface area contributed by atoms with E-state index < -0.39 is 0 Å². The first-order chi connectivity index (χ1) is 8.25. The van der Waals surface area contributed by atoms with Gasteiger partial charge < -0.3 is 15.2 Å². The van der Waals surface area contributed by atoms with E-state index in [1.807, 2.05) is 0 Å². The van der Waals surface area contributed by atoms with Crippen LogP contribution >= 0.6 is 0 Å². The van der Waals surface area contributed by atoms with E-state index in [4.69, 9.17) is 4.52 Å². The van der Waals surface area contributed by atoms with E-state index in [-0.39, 0.29) is 11.7 Å². The number of nitrogens with zero attached hydrogens (tertiary/aromatic N) is 1. The lowest BCUT2D eigenvalue weighted by atomic mass is 10.1. The molecular weight excluding hydrogens is 218 g/mol. The van der Waals surface area contributed by atoms with E-state index in [0.29, 0.717) is 6.54 Å². The summed E-state index contributed by atoms with van der Waals surface area (Å²) in [5, 5.41) is 9.76. The molecule has 5 nitrogen and oxygen atoms in total. The Labute approximate surface area is 100 Å². The molecule has 0 radical (unpaired) electrons. The zero-order chi connectivity index (χ0) is 12.1. The number of hydrogen-bond donors (Lipinski definition) is 2. The molecule has 5 heteroatoms. The molecule has 0 bridgehead atoms. The van der Waals surface area contributed by atoms with E-state index >= 15 is 0 Å². The fraction of sp³-hybridized carbons (Fsp3) is 0.500. The molecular formula is C12H17N3O2. The number of aryl methyl sites for hydroxylation is 1. The molecule has 92 valence electrons. The van der Waals surface area contributed by atoms with Crippen LogP contribution in [0.2, 0.25) is 0 Å². The maximum atomic E-state index is 11.6. The van der Waals surface area contributed by atoms with Gasteiger partial charge in [0.1, 0.15) is 0 Å². The molecule has 0 saturated carbocycles. The van der Waals surface area contributed by atoms with Crippen molar-refractivity contribution in [3.63, 3.8) is 0 Å². The summed E-state index contributed by atoms with van der Waals surface area (Å²) in [6, 6.07) is 1.64. The van der Waals surface area contributed by atoms with Gasteiger partial charge in [-0.2, -0.15) is 0 Å². The zero-order valence-electron chi connectivity index (χ0n) is 9.95. The highest BCUT2D eigenvalue weighted by atomic mass is 16.5. The van der Waals surface area contributed by atoms with Crippen LogP contribution < -0.4 is 10.6 Å². The summed E-state index contributed by atoms with van der Waals surface area (Å²) >= 11 is 0. The second kappa shape index (κ2) is 5.63. The molecule has 2 rings (SSSR count). The van der Waals surface area contributed by atoms with Gasteiger partial charge in [0.15, 0.2) is 0 Å². The molecule has 17 heavy (non-hydrogen) atoms. The van der Waals surface area contributed by atoms with Gasteiger partial charge in [-0.05, 0) is 26.3 Å². The van der Waals surface area contributed by atoms with Gasteiger partial charge in [0.25, 0.3) is 5.91 Å². The standard InChI is InChI=1S/C12H17N3O2/c1-9-8-11(17-15-9)12(16)14-7-4-10-2-5-13-6-3-10/h2,8,13H,3-7H2,1H3,(H,14,16). The molecule has 0 fully saturated rings. The van der Waals surface area contributed by atoms with Crippen molar-refractivity contribution in [1.82, 2.24) is 15.8 Å². The lowest BCUT2D eigenvalue weighted by molar-refractivity contribution is 0.0917. The molecule has 2 N–H and O–H groups in total. The zero-order valence-corrected chi connectivity index (χ0v) is 9.95. The first-order valence-electron chi connectivity index (χ1n) is 5.86. The fourth-order valence-electron chi connectivity index (χ4n) is 1.79. The summed E-state index contributed by atoms with van der Waals surface area (Å²) in [5.74, 6) is 0.0851. The molecule has 0 unspecified atom stereocenters. The number of rotatable bonds is 4. The van der Waals surface area contributed by atoms with Crippen LogP contribution in [0.1, 0.15) is 29.1 Å². The van der Waals surface area contributed by atoms with Crippen LogP contribution in [-0.4, -0.2) is 30.7 Å². The van der Waals surface area contributed by atoms with Gasteiger partial charge >= 0.3 is 0 Å². The molecule has 0 saturated heterocycles. The maximum Gasteiger partial charge on any atom is 0.289 e. The summed E-state index contributed by atoms with van der Waals surface area (Å²) in [7, 11) is 0. The number of nitrogens with one attached hydrogen (secondary N) is 2. The van der Waals surface area contributed by atoms with Gasteiger partial charge in [-0.15, -0.1) is 0 Å². The van der Waals surface area contributed by atoms with E-state index in [9.17, 15) is 4.79 Å². The summed E-state index contributed by atoms with van der Waals surface area (Å²) in [6.07, 6.45) is 4.16. The Morgan fingerprint density at radius 1 is 1.65 bits per heavy atom. The predicted octanol–water partition coefficient (Wildman–Crippen LogP) is 1.02. The van der Waals surface area contributed by atoms with Gasteiger partial charge in [-0.3, -0.25) is 4.79 Å². The Balaban J connectivity index is 1.75. The minimum Gasteiger partial charge on any atom is -0.351 e. The van der Waals surface area contributed by atoms with Crippen LogP contribution in [0, 0.1) is 6.92 Å². The second-order valence-electron chi connectivity index (χ2n) is 4.15. The van der Waals surface area contributed by atoms with E-state index in [1.54, 1.807) is 13.0 Å². The largest absolute Gasteiger partial charge is 0.351 e. The highest BCUT2D eigenvalue weighted by Crippen LogP contribution is 2.08. The number of aromatic nitrogens is 1. The van der Waals surface area contributed by atoms with E-state index in [0.717, 1.165) is 31.6 Å². The smallest absolute Gasteiger partial charge is 0.289 e. The molecule has 1 aromatic heterocycles. The van der Waals surface area contributed by atoms with E-state index in [1.165, 1.54) is 5.57 Å². The lowest BCUT2D eigenvalue weighted by Crippen LogP contribution is -2.26. The van der Waals surface area contributed by atoms with Crippen molar-refractivity contribution in [1.29, 1.82) is 0 Å². The minimum atomic E-state index is -0.194. The normalized spacial score (nSPS) is 15.5. The highest BCUT2D eigenvalue weighted by Gasteiger charge is 2.11. The van der Waals surface area contributed by atoms with Crippen molar-refractivity contribution < 1.29 is 9.32 Å². The van der Waals surface area contributed by atoms with Crippen molar-refractivity contribution in [2.45, 2.75) is 19.8 Å². The Kier molecular flexibility index (Phi) is 3.93. The van der Waals surface area contributed by atoms with Gasteiger partial charge in [0, 0.05) is 19.2 Å². The Morgan fingerprint density at radius 2 is 2.53 bits per heavy atom. The second-order valence-corrected chi connectivity index (χ2v) is 4.15. The summed E-state index contributed by atoms with van der Waals surface area (Å²) in [6.45, 7) is 4.40. The third-order valence-corrected chi connectivity index (χ3v) is 2.74. The Bertz CT molecular complexity index is 423. The number of hydrogen-bond acceptors (Lipinski definition) is 4. The fourth-order valence-corrected chi connectivity index (χ4v) is 1.79. The van der Waals surface area contributed by atoms with E-state index in [2.05, 4.69) is 21.9 Å². The lowest BCUT2D eigenvalue weighted by Gasteiger charge is -2.13. The molecule has 1 aliphatic heterocycles. The number of amides is 1. The van der Waals surface area contributed by atoms with Crippen molar-refractivity contribution in [3.8, 4) is 0 Å². The number of carbonyl (C=O) groups excluding carboxylic acids is 1. The SMILES string of the molecule is Cc1cc(C(=O)NCCC2=CCNCC2)on1. The monoisotopic (exact) mass is 235 g/mol. The third kappa shape index (κ3) is 3.42. The molecule has 1 aliphatic rings. The molecule has 0 aromatic carbocycles. The molecule has 0 aliphatic carbocycles. The third-order valence-electron chi connectivity index (χ3n) is 2.74. The van der Waals surface area contributed by atoms with Crippen LogP contribution in [-0.2, 0) is 0 Å². The van der Waals surface area contributed by atoms with Crippen LogP contribution in [0.5, 0.6) is 0 Å². The van der Waals surface area contributed by atoms with Gasteiger partial charge in [-0.25, -0.2) is 0 Å². The Morgan fingerprint density at radius 3 is 3.18 bits per heavy atom. The summed E-state index contributed by atoms with van der Waals surface area (Å²) in [5.41, 5.74) is 2.12. The maximum absolute atomic E-state index is 11.6. The topological polar surface area (TPSA) is 67.2 Å². The molecule has 2 heterocycles. The molecule has 0 atom stereocenters. The van der Waals surface area contributed by atoms with Crippen molar-refractivity contribution in [2.75, 3.05) is 19.6 Å². The van der Waals surface area contributed by atoms with Gasteiger partial charge in [0.2, 0.25) is 5.76 Å². The minimum absolute atomic E-state index is 0.194. The highest BCUT2D eigenvalue weighted by molar-refractivity contribution is 5.91. The van der Waals surface area contributed by atoms with Gasteiger partial charge in [-0.1, -0.05) is 16.8 Å². The molecule has 0 spiro atoms. The van der Waals surface area contributed by atoms with Crippen LogP contribution in [0.4, 0.5) is 0 Å². The molecule has 1 amide bonds. The molecule has 1 aromatic rings. The summed E-state index contributed by atoms with van der Waals surface area (Å²) in [4.78, 5) is 11.6. The predicted molar refractivity (Wildman–Crippen MR) is 63.8 cm³/mol. The first-order valence-corrected chi connectivity index (χ1v) is 5.86. The van der Waals surface area contributed by atoms with Crippen LogP contribution in [0.15, 0.2) is 22.2 Å². The first kappa shape index (κ1) is 11.9. The van der Waals surface area contributed by atoms with Crippen LogP contribution in [0.3, 0.4) is 0 Å². The number of carbonyl (C=O) groups is 1.